The lowest BCUT2D eigenvalue weighted by Crippen LogP contribution is -2.63. The summed E-state index contributed by atoms with van der Waals surface area (Å²) in [5.74, 6) is -1.40. The van der Waals surface area contributed by atoms with E-state index < -0.39 is 39.5 Å². The molecule has 4 fully saturated rings. The van der Waals surface area contributed by atoms with Crippen molar-refractivity contribution >= 4 is 16.1 Å². The van der Waals surface area contributed by atoms with E-state index >= 15 is 0 Å². The average molecular weight is 444 g/mol. The molecule has 5 nitrogen and oxygen atoms in total. The molecule has 4 aliphatic carbocycles. The zero-order valence-electron chi connectivity index (χ0n) is 16.4. The fourth-order valence-corrected chi connectivity index (χ4v) is 6.84. The molecule has 1 aromatic carbocycles. The molecule has 0 saturated heterocycles. The number of alkyl halides is 3. The topological polar surface area (TPSA) is 69.7 Å². The summed E-state index contributed by atoms with van der Waals surface area (Å²) in [7, 11) is -4.19. The molecule has 0 N–H and O–H groups in total. The lowest BCUT2D eigenvalue weighted by atomic mass is 9.53. The Morgan fingerprint density at radius 3 is 2.37 bits per heavy atom. The fourth-order valence-electron chi connectivity index (χ4n) is 5.55. The van der Waals surface area contributed by atoms with Crippen LogP contribution in [0.4, 0.5) is 13.2 Å². The average Bonchev–Trinajstić information content (AvgIpc) is 2.62. The Balaban J connectivity index is 1.65. The van der Waals surface area contributed by atoms with Crippen molar-refractivity contribution in [3.8, 4) is 0 Å². The van der Waals surface area contributed by atoms with E-state index in [1.165, 1.54) is 12.1 Å². The van der Waals surface area contributed by atoms with Crippen molar-refractivity contribution in [2.75, 3.05) is 0 Å². The van der Waals surface area contributed by atoms with Gasteiger partial charge in [0, 0.05) is 0 Å². The molecule has 0 aromatic heterocycles. The van der Waals surface area contributed by atoms with Crippen molar-refractivity contribution in [2.24, 2.45) is 17.8 Å². The Hall–Kier alpha value is -1.87. The Kier molecular flexibility index (Phi) is 5.05. The second kappa shape index (κ2) is 7.09. The summed E-state index contributed by atoms with van der Waals surface area (Å²) in [6, 6.07) is 6.21. The maximum atomic E-state index is 13.0. The van der Waals surface area contributed by atoms with Gasteiger partial charge in [-0.2, -0.15) is 21.6 Å². The highest BCUT2D eigenvalue weighted by Gasteiger charge is 2.62. The standard InChI is InChI=1S/C21H23F3O5S/c1-12-4-3-5-17(6-12)30(26,27)29-18-16-8-14-7-15(9-16)11-20(18,10-14)28-19(25)13(2)21(22,23)24/h3-6,14-16,18H,2,7-11H2,1H3. The van der Waals surface area contributed by atoms with E-state index in [-0.39, 0.29) is 22.6 Å². The molecule has 0 radical (unpaired) electrons. The van der Waals surface area contributed by atoms with Crippen molar-refractivity contribution in [1.82, 2.24) is 0 Å². The Morgan fingerprint density at radius 1 is 1.17 bits per heavy atom. The van der Waals surface area contributed by atoms with Crippen LogP contribution in [-0.4, -0.2) is 32.3 Å². The van der Waals surface area contributed by atoms with Crippen LogP contribution in [0.2, 0.25) is 0 Å². The number of ether oxygens (including phenoxy) is 1. The zero-order valence-corrected chi connectivity index (χ0v) is 17.3. The number of esters is 1. The number of hydrogen-bond acceptors (Lipinski definition) is 5. The molecule has 0 spiro atoms. The van der Waals surface area contributed by atoms with Crippen LogP contribution in [-0.2, 0) is 23.8 Å². The van der Waals surface area contributed by atoms with Crippen molar-refractivity contribution < 1.29 is 35.3 Å². The number of carbonyl (C=O) groups excluding carboxylic acids is 1. The van der Waals surface area contributed by atoms with Crippen LogP contribution in [0.5, 0.6) is 0 Å². The molecule has 9 heteroatoms. The van der Waals surface area contributed by atoms with E-state index in [1.807, 2.05) is 0 Å². The van der Waals surface area contributed by atoms with Crippen molar-refractivity contribution in [1.29, 1.82) is 0 Å². The minimum absolute atomic E-state index is 0.0301. The molecule has 4 saturated carbocycles. The summed E-state index contributed by atoms with van der Waals surface area (Å²) in [6.45, 7) is 4.57. The first-order valence-corrected chi connectivity index (χ1v) is 11.3. The predicted molar refractivity (Wildman–Crippen MR) is 101 cm³/mol. The summed E-state index contributed by atoms with van der Waals surface area (Å²) >= 11 is 0. The smallest absolute Gasteiger partial charge is 0.422 e. The summed E-state index contributed by atoms with van der Waals surface area (Å²) in [6.07, 6.45) is -3.00. The number of benzene rings is 1. The quantitative estimate of drug-likeness (QED) is 0.385. The van der Waals surface area contributed by atoms with E-state index in [1.54, 1.807) is 19.1 Å². The summed E-state index contributed by atoms with van der Waals surface area (Å²) < 4.78 is 75.8. The van der Waals surface area contributed by atoms with Gasteiger partial charge < -0.3 is 4.74 Å². The lowest BCUT2D eigenvalue weighted by Gasteiger charge is -2.59. The van der Waals surface area contributed by atoms with Gasteiger partial charge in [0.2, 0.25) is 0 Å². The third kappa shape index (κ3) is 3.77. The molecular weight excluding hydrogens is 421 g/mol. The van der Waals surface area contributed by atoms with Gasteiger partial charge in [0.05, 0.1) is 4.90 Å². The highest BCUT2D eigenvalue weighted by Crippen LogP contribution is 2.58. The number of carbonyl (C=O) groups is 1. The predicted octanol–water partition coefficient (Wildman–Crippen LogP) is 4.31. The van der Waals surface area contributed by atoms with Crippen LogP contribution in [0.15, 0.2) is 41.3 Å². The maximum Gasteiger partial charge on any atom is 0.422 e. The van der Waals surface area contributed by atoms with Gasteiger partial charge in [0.1, 0.15) is 17.3 Å². The van der Waals surface area contributed by atoms with E-state index in [0.29, 0.717) is 25.7 Å². The van der Waals surface area contributed by atoms with Crippen molar-refractivity contribution in [2.45, 2.75) is 61.8 Å². The number of halogens is 3. The normalized spacial score (nSPS) is 32.8. The number of rotatable bonds is 5. The van der Waals surface area contributed by atoms with Crippen LogP contribution >= 0.6 is 0 Å². The van der Waals surface area contributed by atoms with E-state index in [4.69, 9.17) is 8.92 Å². The first-order chi connectivity index (χ1) is 13.9. The molecule has 4 bridgehead atoms. The van der Waals surface area contributed by atoms with Gasteiger partial charge in [-0.25, -0.2) is 4.79 Å². The van der Waals surface area contributed by atoms with E-state index in [2.05, 4.69) is 6.58 Å². The number of aryl methyl sites for hydroxylation is 1. The largest absolute Gasteiger partial charge is 0.453 e. The molecule has 3 atom stereocenters. The Labute approximate surface area is 173 Å². The van der Waals surface area contributed by atoms with Gasteiger partial charge in [-0.3, -0.25) is 4.18 Å². The molecule has 1 aromatic rings. The highest BCUT2D eigenvalue weighted by atomic mass is 32.2. The number of hydrogen-bond donors (Lipinski definition) is 0. The van der Waals surface area contributed by atoms with Gasteiger partial charge in [-0.15, -0.1) is 0 Å². The molecule has 4 aliphatic rings. The molecule has 3 unspecified atom stereocenters. The molecule has 0 amide bonds. The third-order valence-corrected chi connectivity index (χ3v) is 7.84. The van der Waals surface area contributed by atoms with Crippen LogP contribution in [0.3, 0.4) is 0 Å². The van der Waals surface area contributed by atoms with Crippen molar-refractivity contribution in [3.05, 3.63) is 42.0 Å². The minimum Gasteiger partial charge on any atom is -0.453 e. The monoisotopic (exact) mass is 444 g/mol. The van der Waals surface area contributed by atoms with Crippen molar-refractivity contribution in [3.63, 3.8) is 0 Å². The van der Waals surface area contributed by atoms with Gasteiger partial charge in [0.15, 0.2) is 0 Å². The first-order valence-electron chi connectivity index (χ1n) is 9.89. The highest BCUT2D eigenvalue weighted by molar-refractivity contribution is 7.86. The van der Waals surface area contributed by atoms with Gasteiger partial charge in [-0.1, -0.05) is 18.7 Å². The van der Waals surface area contributed by atoms with Gasteiger partial charge >= 0.3 is 12.1 Å². The van der Waals surface area contributed by atoms with Crippen LogP contribution in [0, 0.1) is 24.7 Å². The molecular formula is C21H23F3O5S. The summed E-state index contributed by atoms with van der Waals surface area (Å²) in [5.41, 5.74) is -2.26. The second-order valence-corrected chi connectivity index (χ2v) is 10.4. The summed E-state index contributed by atoms with van der Waals surface area (Å²) in [4.78, 5) is 12.2. The van der Waals surface area contributed by atoms with Crippen LogP contribution in [0.25, 0.3) is 0 Å². The van der Waals surface area contributed by atoms with E-state index in [9.17, 15) is 26.4 Å². The Morgan fingerprint density at radius 2 is 1.80 bits per heavy atom. The van der Waals surface area contributed by atoms with Gasteiger partial charge in [0.25, 0.3) is 10.1 Å². The maximum absolute atomic E-state index is 13.0. The molecule has 30 heavy (non-hydrogen) atoms. The first kappa shape index (κ1) is 21.4. The molecule has 164 valence electrons. The lowest BCUT2D eigenvalue weighted by molar-refractivity contribution is -0.221. The summed E-state index contributed by atoms with van der Waals surface area (Å²) in [5, 5.41) is 0. The molecule has 0 aliphatic heterocycles. The second-order valence-electron chi connectivity index (χ2n) is 8.83. The minimum atomic E-state index is -4.91. The molecule has 0 heterocycles. The SMILES string of the molecule is C=C(C(=O)OC12CC3CC(CC(C3)C1OS(=O)(=O)c1cccc(C)c1)C2)C(F)(F)F. The molecule has 5 rings (SSSR count). The van der Waals surface area contributed by atoms with E-state index in [0.717, 1.165) is 12.0 Å². The van der Waals surface area contributed by atoms with Gasteiger partial charge in [-0.05, 0) is 74.5 Å². The fraction of sp³-hybridized carbons (Fsp3) is 0.571. The van der Waals surface area contributed by atoms with Crippen LogP contribution < -0.4 is 0 Å². The zero-order chi connectivity index (χ0) is 21.9. The Bertz CT molecular complexity index is 971. The third-order valence-electron chi connectivity index (χ3n) is 6.55. The van der Waals surface area contributed by atoms with Crippen LogP contribution in [0.1, 0.15) is 37.7 Å².